The molecule has 0 spiro atoms. The van der Waals surface area contributed by atoms with Gasteiger partial charge in [-0.2, -0.15) is 13.2 Å². The molecule has 19 heavy (non-hydrogen) atoms. The zero-order chi connectivity index (χ0) is 14.5. The van der Waals surface area contributed by atoms with E-state index in [4.69, 9.17) is 11.6 Å². The summed E-state index contributed by atoms with van der Waals surface area (Å²) in [5.41, 5.74) is 0.294. The van der Waals surface area contributed by atoms with Crippen LogP contribution in [0.4, 0.5) is 18.9 Å². The Morgan fingerprint density at radius 1 is 1.42 bits per heavy atom. The number of rotatable bonds is 5. The normalized spacial score (nSPS) is 11.4. The Labute approximate surface area is 112 Å². The third-order valence-corrected chi connectivity index (χ3v) is 2.29. The van der Waals surface area contributed by atoms with Gasteiger partial charge in [-0.25, -0.2) is 0 Å². The van der Waals surface area contributed by atoms with E-state index >= 15 is 0 Å². The molecule has 0 aliphatic heterocycles. The van der Waals surface area contributed by atoms with Crippen molar-refractivity contribution < 1.29 is 27.8 Å². The molecule has 1 aromatic carbocycles. The number of nitrogens with one attached hydrogen (secondary N) is 1. The zero-order valence-corrected chi connectivity index (χ0v) is 10.4. The van der Waals surface area contributed by atoms with Gasteiger partial charge in [-0.3, -0.25) is 4.79 Å². The highest BCUT2D eigenvalue weighted by Gasteiger charge is 2.27. The van der Waals surface area contributed by atoms with Crippen LogP contribution >= 0.6 is 11.6 Å². The number of ether oxygens (including phenoxy) is 1. The Morgan fingerprint density at radius 3 is 2.68 bits per heavy atom. The summed E-state index contributed by atoms with van der Waals surface area (Å²) in [6.07, 6.45) is -4.63. The predicted molar refractivity (Wildman–Crippen MR) is 63.2 cm³/mol. The van der Waals surface area contributed by atoms with Gasteiger partial charge in [0, 0.05) is 11.8 Å². The lowest BCUT2D eigenvalue weighted by molar-refractivity contribution is -0.174. The molecule has 4 nitrogen and oxygen atoms in total. The van der Waals surface area contributed by atoms with E-state index in [2.05, 4.69) is 10.1 Å². The fraction of sp³-hybridized carbons (Fsp3) is 0.364. The van der Waals surface area contributed by atoms with Crippen LogP contribution in [0.2, 0.25) is 5.02 Å². The third-order valence-electron chi connectivity index (χ3n) is 1.97. The standard InChI is InChI=1S/C11H11ClF3NO3/c12-8-2-1-7(5-9(8)17)16-10(18)3-4-19-6-11(13,14)15/h1-2,5,17H,3-4,6H2,(H,16,18). The minimum absolute atomic E-state index is 0.131. The van der Waals surface area contributed by atoms with Crippen LogP contribution < -0.4 is 5.32 Å². The van der Waals surface area contributed by atoms with Crippen LogP contribution in [-0.4, -0.2) is 30.4 Å². The number of benzene rings is 1. The van der Waals surface area contributed by atoms with Crippen molar-refractivity contribution >= 4 is 23.2 Å². The first-order chi connectivity index (χ1) is 8.78. The molecule has 1 amide bonds. The van der Waals surface area contributed by atoms with Crippen molar-refractivity contribution in [3.8, 4) is 5.75 Å². The second-order valence-corrected chi connectivity index (χ2v) is 4.04. The summed E-state index contributed by atoms with van der Waals surface area (Å²) in [6.45, 7) is -1.73. The number of phenols is 1. The summed E-state index contributed by atoms with van der Waals surface area (Å²) in [5, 5.41) is 11.8. The minimum Gasteiger partial charge on any atom is -0.506 e. The number of alkyl halides is 3. The fourth-order valence-electron chi connectivity index (χ4n) is 1.17. The van der Waals surface area contributed by atoms with Gasteiger partial charge in [-0.1, -0.05) is 11.6 Å². The van der Waals surface area contributed by atoms with Crippen molar-refractivity contribution in [2.24, 2.45) is 0 Å². The molecule has 0 aromatic heterocycles. The molecule has 0 aliphatic rings. The van der Waals surface area contributed by atoms with Crippen LogP contribution in [0.25, 0.3) is 0 Å². The van der Waals surface area contributed by atoms with Crippen molar-refractivity contribution in [3.05, 3.63) is 23.2 Å². The smallest absolute Gasteiger partial charge is 0.411 e. The molecule has 0 unspecified atom stereocenters. The van der Waals surface area contributed by atoms with Crippen molar-refractivity contribution in [2.45, 2.75) is 12.6 Å². The van der Waals surface area contributed by atoms with E-state index in [0.29, 0.717) is 5.69 Å². The highest BCUT2D eigenvalue weighted by Crippen LogP contribution is 2.26. The van der Waals surface area contributed by atoms with Gasteiger partial charge in [0.25, 0.3) is 0 Å². The van der Waals surface area contributed by atoms with E-state index in [0.717, 1.165) is 0 Å². The van der Waals surface area contributed by atoms with Crippen molar-refractivity contribution in [1.82, 2.24) is 0 Å². The molecule has 0 heterocycles. The number of aromatic hydroxyl groups is 1. The summed E-state index contributed by atoms with van der Waals surface area (Å²) < 4.78 is 39.5. The van der Waals surface area contributed by atoms with E-state index in [-0.39, 0.29) is 23.8 Å². The highest BCUT2D eigenvalue weighted by molar-refractivity contribution is 6.32. The van der Waals surface area contributed by atoms with Crippen LogP contribution in [0, 0.1) is 0 Å². The molecule has 0 atom stereocenters. The molecule has 0 aliphatic carbocycles. The van der Waals surface area contributed by atoms with Crippen LogP contribution in [-0.2, 0) is 9.53 Å². The number of phenolic OH excluding ortho intramolecular Hbond substituents is 1. The van der Waals surface area contributed by atoms with Gasteiger partial charge in [0.1, 0.15) is 12.4 Å². The molecule has 0 fully saturated rings. The highest BCUT2D eigenvalue weighted by atomic mass is 35.5. The molecule has 0 saturated carbocycles. The molecule has 2 N–H and O–H groups in total. The first kappa shape index (κ1) is 15.6. The van der Waals surface area contributed by atoms with Gasteiger partial charge in [0.05, 0.1) is 18.1 Å². The van der Waals surface area contributed by atoms with Gasteiger partial charge in [0.2, 0.25) is 5.91 Å². The van der Waals surface area contributed by atoms with Gasteiger partial charge >= 0.3 is 6.18 Å². The molecule has 0 saturated heterocycles. The second-order valence-electron chi connectivity index (χ2n) is 3.63. The summed E-state index contributed by atoms with van der Waals surface area (Å²) in [6, 6.07) is 4.07. The molecular formula is C11H11ClF3NO3. The Kier molecular flexibility index (Phi) is 5.44. The Hall–Kier alpha value is -1.47. The third kappa shape index (κ3) is 6.30. The number of halogens is 4. The lowest BCUT2D eigenvalue weighted by Crippen LogP contribution is -2.20. The number of carbonyl (C=O) groups excluding carboxylic acids is 1. The molecule has 0 bridgehead atoms. The molecule has 8 heteroatoms. The predicted octanol–water partition coefficient (Wildman–Crippen LogP) is 2.95. The van der Waals surface area contributed by atoms with E-state index in [1.54, 1.807) is 0 Å². The maximum atomic E-state index is 11.7. The summed E-state index contributed by atoms with van der Waals surface area (Å²) in [5.74, 6) is -0.725. The number of hydrogen-bond donors (Lipinski definition) is 2. The topological polar surface area (TPSA) is 58.6 Å². The van der Waals surface area contributed by atoms with Crippen molar-refractivity contribution in [3.63, 3.8) is 0 Å². The van der Waals surface area contributed by atoms with E-state index in [1.165, 1.54) is 18.2 Å². The first-order valence-corrected chi connectivity index (χ1v) is 5.58. The SMILES string of the molecule is O=C(CCOCC(F)(F)F)Nc1ccc(Cl)c(O)c1. The van der Waals surface area contributed by atoms with E-state index < -0.39 is 18.7 Å². The number of amides is 1. The minimum atomic E-state index is -4.40. The van der Waals surface area contributed by atoms with Gasteiger partial charge in [-0.15, -0.1) is 0 Å². The van der Waals surface area contributed by atoms with Gasteiger partial charge in [0.15, 0.2) is 0 Å². The first-order valence-electron chi connectivity index (χ1n) is 5.21. The van der Waals surface area contributed by atoms with Crippen LogP contribution in [0.1, 0.15) is 6.42 Å². The lowest BCUT2D eigenvalue weighted by Gasteiger charge is -2.08. The lowest BCUT2D eigenvalue weighted by atomic mass is 10.3. The maximum absolute atomic E-state index is 11.7. The Bertz CT molecular complexity index is 451. The zero-order valence-electron chi connectivity index (χ0n) is 9.63. The molecule has 1 aromatic rings. The number of carbonyl (C=O) groups is 1. The summed E-state index contributed by atoms with van der Waals surface area (Å²) >= 11 is 5.57. The molecule has 106 valence electrons. The molecular weight excluding hydrogens is 287 g/mol. The average molecular weight is 298 g/mol. The average Bonchev–Trinajstić information content (AvgIpc) is 2.28. The van der Waals surface area contributed by atoms with Crippen LogP contribution in [0.3, 0.4) is 0 Å². The van der Waals surface area contributed by atoms with Gasteiger partial charge in [-0.05, 0) is 12.1 Å². The summed E-state index contributed by atoms with van der Waals surface area (Å²) in [4.78, 5) is 11.3. The number of anilines is 1. The summed E-state index contributed by atoms with van der Waals surface area (Å²) in [7, 11) is 0. The second kappa shape index (κ2) is 6.63. The quantitative estimate of drug-likeness (QED) is 0.822. The molecule has 1 rings (SSSR count). The maximum Gasteiger partial charge on any atom is 0.411 e. The van der Waals surface area contributed by atoms with E-state index in [1.807, 2.05) is 0 Å². The Morgan fingerprint density at radius 2 is 2.11 bits per heavy atom. The number of hydrogen-bond acceptors (Lipinski definition) is 3. The Balaban J connectivity index is 2.33. The van der Waals surface area contributed by atoms with Crippen molar-refractivity contribution in [2.75, 3.05) is 18.5 Å². The fourth-order valence-corrected chi connectivity index (χ4v) is 1.28. The van der Waals surface area contributed by atoms with Gasteiger partial charge < -0.3 is 15.2 Å². The van der Waals surface area contributed by atoms with E-state index in [9.17, 15) is 23.1 Å². The van der Waals surface area contributed by atoms with Crippen LogP contribution in [0.15, 0.2) is 18.2 Å². The van der Waals surface area contributed by atoms with Crippen molar-refractivity contribution in [1.29, 1.82) is 0 Å². The van der Waals surface area contributed by atoms with Crippen LogP contribution in [0.5, 0.6) is 5.75 Å². The monoisotopic (exact) mass is 297 g/mol. The largest absolute Gasteiger partial charge is 0.506 e. The molecule has 0 radical (unpaired) electrons.